The molecule has 1 aliphatic carbocycles. The number of rotatable bonds is 3. The minimum atomic E-state index is 0.160. The summed E-state index contributed by atoms with van der Waals surface area (Å²) < 4.78 is 5.91. The largest absolute Gasteiger partial charge is 0.499 e. The summed E-state index contributed by atoms with van der Waals surface area (Å²) in [4.78, 5) is 0. The molecule has 1 heteroatoms. The summed E-state index contributed by atoms with van der Waals surface area (Å²) >= 11 is 0. The highest BCUT2D eigenvalue weighted by atomic mass is 16.5. The predicted molar refractivity (Wildman–Crippen MR) is 94.2 cm³/mol. The maximum absolute atomic E-state index is 5.91. The number of allylic oxidation sites excluding steroid dienone is 1. The van der Waals surface area contributed by atoms with Gasteiger partial charge >= 0.3 is 0 Å². The average Bonchev–Trinajstić information content (AvgIpc) is 2.97. The molecule has 1 unspecified atom stereocenters. The number of ether oxygens (including phenoxy) is 1. The van der Waals surface area contributed by atoms with E-state index in [4.69, 9.17) is 4.74 Å². The second-order valence-corrected chi connectivity index (χ2v) is 5.74. The lowest BCUT2D eigenvalue weighted by molar-refractivity contribution is 0.278. The molecule has 0 saturated heterocycles. The Kier molecular flexibility index (Phi) is 3.47. The van der Waals surface area contributed by atoms with Crippen LogP contribution in [-0.2, 0) is 4.74 Å². The lowest BCUT2D eigenvalue weighted by Gasteiger charge is -2.16. The van der Waals surface area contributed by atoms with E-state index in [2.05, 4.69) is 78.9 Å². The maximum atomic E-state index is 5.91. The van der Waals surface area contributed by atoms with Crippen molar-refractivity contribution in [2.75, 3.05) is 7.11 Å². The lowest BCUT2D eigenvalue weighted by atomic mass is 9.92. The van der Waals surface area contributed by atoms with Crippen molar-refractivity contribution in [2.24, 2.45) is 0 Å². The molecule has 0 aromatic heterocycles. The fourth-order valence-corrected chi connectivity index (χ4v) is 3.49. The van der Waals surface area contributed by atoms with Gasteiger partial charge in [-0.2, -0.15) is 0 Å². The van der Waals surface area contributed by atoms with Crippen LogP contribution in [0.5, 0.6) is 0 Å². The Morgan fingerprint density at radius 1 is 0.696 bits per heavy atom. The quantitative estimate of drug-likeness (QED) is 0.642. The van der Waals surface area contributed by atoms with Gasteiger partial charge < -0.3 is 4.74 Å². The summed E-state index contributed by atoms with van der Waals surface area (Å²) in [7, 11) is 1.78. The summed E-state index contributed by atoms with van der Waals surface area (Å²) in [5, 5.41) is 0. The van der Waals surface area contributed by atoms with Crippen LogP contribution in [0.4, 0.5) is 0 Å². The van der Waals surface area contributed by atoms with Crippen LogP contribution >= 0.6 is 0 Å². The maximum Gasteiger partial charge on any atom is 0.116 e. The molecule has 23 heavy (non-hydrogen) atoms. The molecule has 4 rings (SSSR count). The zero-order valence-corrected chi connectivity index (χ0v) is 13.1. The molecule has 1 nitrogen and oxygen atoms in total. The monoisotopic (exact) mass is 298 g/mol. The van der Waals surface area contributed by atoms with E-state index in [9.17, 15) is 0 Å². The highest BCUT2D eigenvalue weighted by Crippen LogP contribution is 2.48. The number of hydrogen-bond acceptors (Lipinski definition) is 1. The number of fused-ring (bicyclic) bond motifs is 1. The number of benzene rings is 3. The van der Waals surface area contributed by atoms with Gasteiger partial charge in [-0.25, -0.2) is 0 Å². The van der Waals surface area contributed by atoms with E-state index in [0.717, 1.165) is 5.76 Å². The topological polar surface area (TPSA) is 9.23 Å². The van der Waals surface area contributed by atoms with Crippen molar-refractivity contribution in [3.05, 3.63) is 113 Å². The summed E-state index contributed by atoms with van der Waals surface area (Å²) in [6, 6.07) is 29.7. The van der Waals surface area contributed by atoms with Gasteiger partial charge in [0.25, 0.3) is 0 Å². The summed E-state index contributed by atoms with van der Waals surface area (Å²) in [5.74, 6) is 1.19. The Balaban J connectivity index is 1.98. The number of hydrogen-bond donors (Lipinski definition) is 0. The predicted octanol–water partition coefficient (Wildman–Crippen LogP) is 5.24. The van der Waals surface area contributed by atoms with Gasteiger partial charge in [0.2, 0.25) is 0 Å². The molecule has 0 aliphatic heterocycles. The van der Waals surface area contributed by atoms with Crippen molar-refractivity contribution in [3.63, 3.8) is 0 Å². The van der Waals surface area contributed by atoms with Gasteiger partial charge in [-0.3, -0.25) is 0 Å². The Morgan fingerprint density at radius 2 is 1.30 bits per heavy atom. The van der Waals surface area contributed by atoms with Crippen molar-refractivity contribution in [2.45, 2.75) is 5.92 Å². The van der Waals surface area contributed by atoms with E-state index >= 15 is 0 Å². The van der Waals surface area contributed by atoms with Gasteiger partial charge in [0.05, 0.1) is 13.0 Å². The molecule has 0 radical (unpaired) electrons. The smallest absolute Gasteiger partial charge is 0.116 e. The molecule has 3 aromatic rings. The zero-order chi connectivity index (χ0) is 15.6. The van der Waals surface area contributed by atoms with Gasteiger partial charge in [-0.1, -0.05) is 84.9 Å². The SMILES string of the molecule is COC1=C(c2ccccc2)c2ccccc2C1c1ccccc1. The van der Waals surface area contributed by atoms with Crippen molar-refractivity contribution in [1.82, 2.24) is 0 Å². The van der Waals surface area contributed by atoms with Crippen LogP contribution in [0.3, 0.4) is 0 Å². The van der Waals surface area contributed by atoms with Crippen molar-refractivity contribution in [1.29, 1.82) is 0 Å². The average molecular weight is 298 g/mol. The van der Waals surface area contributed by atoms with Crippen molar-refractivity contribution in [3.8, 4) is 0 Å². The molecule has 0 bridgehead atoms. The van der Waals surface area contributed by atoms with Crippen LogP contribution in [0.2, 0.25) is 0 Å². The molecule has 0 N–H and O–H groups in total. The van der Waals surface area contributed by atoms with Crippen LogP contribution in [-0.4, -0.2) is 7.11 Å². The fraction of sp³-hybridized carbons (Fsp3) is 0.0909. The first-order chi connectivity index (χ1) is 11.4. The fourth-order valence-electron chi connectivity index (χ4n) is 3.49. The number of methoxy groups -OCH3 is 1. The van der Waals surface area contributed by atoms with Gasteiger partial charge in [0, 0.05) is 5.57 Å². The van der Waals surface area contributed by atoms with Gasteiger partial charge in [0.1, 0.15) is 5.76 Å². The van der Waals surface area contributed by atoms with Crippen LogP contribution in [0.25, 0.3) is 5.57 Å². The highest BCUT2D eigenvalue weighted by Gasteiger charge is 2.33. The Hall–Kier alpha value is -2.80. The first-order valence-electron chi connectivity index (χ1n) is 7.88. The Bertz CT molecular complexity index is 847. The highest BCUT2D eigenvalue weighted by molar-refractivity contribution is 5.88. The van der Waals surface area contributed by atoms with E-state index in [1.807, 2.05) is 6.07 Å². The van der Waals surface area contributed by atoms with Crippen LogP contribution in [0.1, 0.15) is 28.2 Å². The van der Waals surface area contributed by atoms with Gasteiger partial charge in [-0.05, 0) is 22.3 Å². The molecule has 0 saturated carbocycles. The molecule has 112 valence electrons. The minimum Gasteiger partial charge on any atom is -0.499 e. The van der Waals surface area contributed by atoms with E-state index < -0.39 is 0 Å². The first-order valence-corrected chi connectivity index (χ1v) is 7.88. The van der Waals surface area contributed by atoms with Gasteiger partial charge in [0.15, 0.2) is 0 Å². The molecule has 1 atom stereocenters. The third kappa shape index (κ3) is 2.25. The molecular weight excluding hydrogens is 280 g/mol. The van der Waals surface area contributed by atoms with E-state index in [0.29, 0.717) is 0 Å². The Morgan fingerprint density at radius 3 is 2.00 bits per heavy atom. The van der Waals surface area contributed by atoms with Crippen molar-refractivity contribution >= 4 is 5.57 Å². The van der Waals surface area contributed by atoms with Crippen LogP contribution in [0.15, 0.2) is 90.7 Å². The van der Waals surface area contributed by atoms with Crippen LogP contribution in [0, 0.1) is 0 Å². The molecule has 0 spiro atoms. The molecule has 1 aliphatic rings. The lowest BCUT2D eigenvalue weighted by Crippen LogP contribution is -2.02. The third-order valence-corrected chi connectivity index (χ3v) is 4.47. The molecule has 3 aromatic carbocycles. The van der Waals surface area contributed by atoms with Gasteiger partial charge in [-0.15, -0.1) is 0 Å². The second kappa shape index (κ2) is 5.77. The third-order valence-electron chi connectivity index (χ3n) is 4.47. The zero-order valence-electron chi connectivity index (χ0n) is 13.1. The second-order valence-electron chi connectivity index (χ2n) is 5.74. The molecule has 0 heterocycles. The van der Waals surface area contributed by atoms with E-state index in [1.165, 1.54) is 27.8 Å². The summed E-state index contributed by atoms with van der Waals surface area (Å²) in [6.07, 6.45) is 0. The van der Waals surface area contributed by atoms with Crippen molar-refractivity contribution < 1.29 is 4.74 Å². The molecule has 0 fully saturated rings. The van der Waals surface area contributed by atoms with Crippen LogP contribution < -0.4 is 0 Å². The molecular formula is C22H18O. The summed E-state index contributed by atoms with van der Waals surface area (Å²) in [5.41, 5.74) is 6.26. The van der Waals surface area contributed by atoms with E-state index in [-0.39, 0.29) is 5.92 Å². The normalized spacial score (nSPS) is 16.3. The summed E-state index contributed by atoms with van der Waals surface area (Å²) in [6.45, 7) is 0. The van der Waals surface area contributed by atoms with E-state index in [1.54, 1.807) is 7.11 Å². The molecule has 0 amide bonds. The first kappa shape index (κ1) is 13.8. The Labute approximate surface area is 136 Å². The standard InChI is InChI=1S/C22H18O/c1-23-22-20(16-10-4-2-5-11-16)18-14-8-9-15-19(18)21(22)17-12-6-3-7-13-17/h2-15,20H,1H3. The minimum absolute atomic E-state index is 0.160.